The summed E-state index contributed by atoms with van der Waals surface area (Å²) >= 11 is 35.3. The van der Waals surface area contributed by atoms with Crippen LogP contribution in [0.3, 0.4) is 0 Å². The lowest BCUT2D eigenvalue weighted by molar-refractivity contribution is -0.346. The van der Waals surface area contributed by atoms with Crippen molar-refractivity contribution >= 4 is 106 Å². The molecule has 3 aliphatic carbocycles. The van der Waals surface area contributed by atoms with Crippen LogP contribution < -0.4 is 0 Å². The van der Waals surface area contributed by atoms with E-state index in [1.54, 1.807) is 48.5 Å². The predicted octanol–water partition coefficient (Wildman–Crippen LogP) is 7.84. The maximum Gasteiger partial charge on any atom is 0.509 e. The van der Waals surface area contributed by atoms with Crippen LogP contribution in [0, 0.1) is 16.7 Å². The monoisotopic (exact) mass is 1040 g/mol. The Morgan fingerprint density at radius 3 is 1.94 bits per heavy atom. The molecule has 0 aromatic heterocycles. The van der Waals surface area contributed by atoms with Crippen LogP contribution in [0.5, 0.6) is 0 Å². The van der Waals surface area contributed by atoms with Crippen LogP contribution in [0.25, 0.3) is 0 Å². The average Bonchev–Trinajstić information content (AvgIpc) is 4.04. The van der Waals surface area contributed by atoms with Crippen LogP contribution in [-0.4, -0.2) is 116 Å². The highest BCUT2D eigenvalue weighted by Gasteiger charge is 2.79. The molecule has 2 aromatic rings. The van der Waals surface area contributed by atoms with Gasteiger partial charge in [0.05, 0.1) is 23.5 Å². The Balaban J connectivity index is 1.45. The molecule has 358 valence electrons. The molecule has 2 bridgehead atoms. The third-order valence-corrected chi connectivity index (χ3v) is 13.8. The van der Waals surface area contributed by atoms with Gasteiger partial charge in [-0.15, -0.1) is 0 Å². The molecule has 2 saturated heterocycles. The standard InChI is InChI=1S/C44H44Cl6O16/c1-21-25(61-36(54)31-29(63-31)23-12-8-6-9-13-23)17-42(57)34(65-35(53)24-14-10-7-11-15-24)32-40(5,33(52)30(28(21)39(42,3)4)64-38(56)60-20-44(48,49)50)26(62-37(55)59-19-43(45,46)47)16-27-41(32,18-58-27)66-22(2)51/h6-15,25-27,29-32,34,57H,16-20H2,1-5H3/t25-,26-,27+,29-,30+,31+,32-,34-,40+,41-,42+/m0/s1. The number of carbonyl (C=O) groups excluding carboxylic acids is 6. The molecule has 0 spiro atoms. The summed E-state index contributed by atoms with van der Waals surface area (Å²) in [4.78, 5) is 85.1. The second-order valence-electron chi connectivity index (χ2n) is 17.5. The second kappa shape index (κ2) is 18.4. The third-order valence-electron chi connectivity index (χ3n) is 13.1. The summed E-state index contributed by atoms with van der Waals surface area (Å²) in [6.45, 7) is 4.82. The van der Waals surface area contributed by atoms with Crippen LogP contribution in [0.15, 0.2) is 71.8 Å². The molecule has 0 amide bonds. The molecule has 5 aliphatic rings. The third kappa shape index (κ3) is 9.55. The van der Waals surface area contributed by atoms with Gasteiger partial charge in [0, 0.05) is 25.2 Å². The number of epoxide rings is 1. The number of benzene rings is 2. The van der Waals surface area contributed by atoms with Crippen molar-refractivity contribution in [2.75, 3.05) is 19.8 Å². The molecule has 4 fully saturated rings. The number of aliphatic hydroxyl groups is 1. The molecule has 16 nitrogen and oxygen atoms in total. The van der Waals surface area contributed by atoms with E-state index in [1.165, 1.54) is 39.8 Å². The lowest BCUT2D eigenvalue weighted by Crippen LogP contribution is -2.82. The number of carbonyl (C=O) groups is 6. The minimum atomic E-state index is -2.48. The first-order chi connectivity index (χ1) is 30.7. The number of fused-ring (bicyclic) bond motifs is 5. The minimum absolute atomic E-state index is 0.0114. The van der Waals surface area contributed by atoms with Crippen molar-refractivity contribution in [3.63, 3.8) is 0 Å². The summed E-state index contributed by atoms with van der Waals surface area (Å²) in [5.41, 5.74) is -7.84. The molecule has 0 unspecified atom stereocenters. The highest BCUT2D eigenvalue weighted by Crippen LogP contribution is 2.65. The fraction of sp³-hybridized carbons (Fsp3) is 0.545. The zero-order valence-corrected chi connectivity index (χ0v) is 40.3. The molecule has 2 saturated carbocycles. The first kappa shape index (κ1) is 50.3. The second-order valence-corrected chi connectivity index (χ2v) is 22.5. The summed E-state index contributed by atoms with van der Waals surface area (Å²) in [5, 5.41) is 13.9. The predicted molar refractivity (Wildman–Crippen MR) is 234 cm³/mol. The Hall–Kier alpha value is -3.58. The molecule has 2 aliphatic heterocycles. The van der Waals surface area contributed by atoms with Crippen LogP contribution in [0.4, 0.5) is 9.59 Å². The zero-order chi connectivity index (χ0) is 48.4. The molecular formula is C44H44Cl6O16. The molecular weight excluding hydrogens is 997 g/mol. The summed E-state index contributed by atoms with van der Waals surface area (Å²) in [6, 6.07) is 16.6. The molecule has 66 heavy (non-hydrogen) atoms. The van der Waals surface area contributed by atoms with Crippen molar-refractivity contribution in [1.29, 1.82) is 0 Å². The van der Waals surface area contributed by atoms with Gasteiger partial charge in [-0.25, -0.2) is 19.2 Å². The highest BCUT2D eigenvalue weighted by atomic mass is 35.6. The van der Waals surface area contributed by atoms with E-state index in [0.717, 1.165) is 6.92 Å². The van der Waals surface area contributed by atoms with Crippen molar-refractivity contribution in [1.82, 2.24) is 0 Å². The largest absolute Gasteiger partial charge is 0.509 e. The van der Waals surface area contributed by atoms with Crippen LogP contribution in [0.2, 0.25) is 0 Å². The van der Waals surface area contributed by atoms with Crippen LogP contribution in [0.1, 0.15) is 69.5 Å². The molecule has 2 heterocycles. The van der Waals surface area contributed by atoms with Crippen LogP contribution in [-0.2, 0) is 57.0 Å². The maximum absolute atomic E-state index is 16.1. The fourth-order valence-corrected chi connectivity index (χ4v) is 10.3. The topological polar surface area (TPSA) is 209 Å². The molecule has 22 heteroatoms. The van der Waals surface area contributed by atoms with Gasteiger partial charge in [0.1, 0.15) is 49.3 Å². The molecule has 1 N–H and O–H groups in total. The number of hydrogen-bond donors (Lipinski definition) is 1. The van der Waals surface area contributed by atoms with Gasteiger partial charge in [0.25, 0.3) is 0 Å². The van der Waals surface area contributed by atoms with Gasteiger partial charge in [-0.05, 0) is 42.7 Å². The number of Topliss-reactive ketones (excluding diaryl/α,β-unsaturated/α-hetero) is 1. The normalized spacial score (nSPS) is 33.2. The lowest BCUT2D eigenvalue weighted by atomic mass is 9.44. The van der Waals surface area contributed by atoms with E-state index < -0.39 is 141 Å². The summed E-state index contributed by atoms with van der Waals surface area (Å²) in [7, 11) is 0. The van der Waals surface area contributed by atoms with Crippen LogP contribution >= 0.6 is 69.6 Å². The molecule has 0 radical (unpaired) electrons. The number of hydrogen-bond acceptors (Lipinski definition) is 16. The molecule has 2 aromatic carbocycles. The van der Waals surface area contributed by atoms with E-state index in [1.807, 2.05) is 0 Å². The number of ether oxygens (including phenoxy) is 9. The summed E-state index contributed by atoms with van der Waals surface area (Å²) < 4.78 is 48.3. The SMILES string of the molecule is CC(=O)O[C@@]12CO[C@@H]1C[C@H](OC(=O)OCC(Cl)(Cl)Cl)[C@@]1(C)C(=O)[C@H](OC(=O)OCC(Cl)(Cl)Cl)C3=C(C)[C@@H](OC(=O)[C@@H]4O[C@H]4c4ccccc4)C[C@@](O)([C@@H](OC(=O)c4ccccc4)[C@H]21)C3(C)C. The van der Waals surface area contributed by atoms with Gasteiger partial charge in [0.15, 0.2) is 23.6 Å². The van der Waals surface area contributed by atoms with Gasteiger partial charge in [-0.2, -0.15) is 0 Å². The van der Waals surface area contributed by atoms with Gasteiger partial charge >= 0.3 is 30.2 Å². The smallest absolute Gasteiger partial charge is 0.456 e. The molecule has 7 rings (SSSR count). The van der Waals surface area contributed by atoms with Crippen molar-refractivity contribution in [3.8, 4) is 0 Å². The fourth-order valence-electron chi connectivity index (χ4n) is 9.96. The summed E-state index contributed by atoms with van der Waals surface area (Å²) in [5.74, 6) is -5.51. The summed E-state index contributed by atoms with van der Waals surface area (Å²) in [6.07, 6.45) is -14.0. The van der Waals surface area contributed by atoms with E-state index in [9.17, 15) is 29.1 Å². The zero-order valence-electron chi connectivity index (χ0n) is 35.8. The first-order valence-corrected chi connectivity index (χ1v) is 22.8. The van der Waals surface area contributed by atoms with E-state index >= 15 is 4.79 Å². The van der Waals surface area contributed by atoms with Gasteiger partial charge in [-0.3, -0.25) is 9.59 Å². The number of rotatable bonds is 10. The van der Waals surface area contributed by atoms with Gasteiger partial charge in [-0.1, -0.05) is 132 Å². The minimum Gasteiger partial charge on any atom is -0.456 e. The van der Waals surface area contributed by atoms with Crippen molar-refractivity contribution in [2.24, 2.45) is 16.7 Å². The van der Waals surface area contributed by atoms with E-state index in [2.05, 4.69) is 0 Å². The number of alkyl halides is 6. The van der Waals surface area contributed by atoms with Crippen molar-refractivity contribution in [3.05, 3.63) is 82.9 Å². The van der Waals surface area contributed by atoms with E-state index in [0.29, 0.717) is 5.56 Å². The Morgan fingerprint density at radius 1 is 0.818 bits per heavy atom. The maximum atomic E-state index is 16.1. The Kier molecular flexibility index (Phi) is 14.0. The first-order valence-electron chi connectivity index (χ1n) is 20.5. The lowest BCUT2D eigenvalue weighted by Gasteiger charge is -2.67. The number of esters is 3. The van der Waals surface area contributed by atoms with E-state index in [-0.39, 0.29) is 23.1 Å². The Labute approximate surface area is 408 Å². The van der Waals surface area contributed by atoms with Crippen molar-refractivity contribution < 1.29 is 76.5 Å². The van der Waals surface area contributed by atoms with E-state index in [4.69, 9.17) is 112 Å². The Bertz CT molecular complexity index is 2280. The Morgan fingerprint density at radius 2 is 1.39 bits per heavy atom. The van der Waals surface area contributed by atoms with Gasteiger partial charge in [0.2, 0.25) is 7.59 Å². The number of halogens is 6. The van der Waals surface area contributed by atoms with Crippen molar-refractivity contribution in [2.45, 2.75) is 109 Å². The number of ketones is 1. The van der Waals surface area contributed by atoms with Gasteiger partial charge < -0.3 is 47.7 Å². The average molecular weight is 1040 g/mol. The molecule has 11 atom stereocenters. The quantitative estimate of drug-likeness (QED) is 0.0790. The highest BCUT2D eigenvalue weighted by molar-refractivity contribution is 6.68.